The normalized spacial score (nSPS) is 10.9. The molecule has 3 rings (SSSR count). The first-order chi connectivity index (χ1) is 11.2. The van der Waals surface area contributed by atoms with E-state index in [1.807, 2.05) is 65.6 Å². The van der Waals surface area contributed by atoms with Gasteiger partial charge in [0.15, 0.2) is 0 Å². The van der Waals surface area contributed by atoms with E-state index in [9.17, 15) is 4.79 Å². The highest BCUT2D eigenvalue weighted by molar-refractivity contribution is 6.07. The monoisotopic (exact) mass is 303 g/mol. The van der Waals surface area contributed by atoms with Crippen LogP contribution in [0.25, 0.3) is 10.8 Å². The summed E-state index contributed by atoms with van der Waals surface area (Å²) in [6, 6.07) is 24.2. The van der Waals surface area contributed by atoms with Crippen molar-refractivity contribution in [2.24, 2.45) is 0 Å². The van der Waals surface area contributed by atoms with Crippen molar-refractivity contribution < 1.29 is 4.79 Å². The van der Waals surface area contributed by atoms with Gasteiger partial charge in [0, 0.05) is 18.2 Å². The number of carbonyl (C=O) groups excluding carboxylic acids is 1. The van der Waals surface area contributed by atoms with Crippen molar-refractivity contribution in [2.45, 2.75) is 26.4 Å². The zero-order valence-corrected chi connectivity index (χ0v) is 13.6. The molecule has 0 fully saturated rings. The lowest BCUT2D eigenvalue weighted by atomic mass is 10.0. The molecular weight excluding hydrogens is 282 g/mol. The number of hydrogen-bond acceptors (Lipinski definition) is 1. The van der Waals surface area contributed by atoms with Crippen molar-refractivity contribution in [3.05, 3.63) is 83.9 Å². The van der Waals surface area contributed by atoms with Crippen molar-refractivity contribution in [1.29, 1.82) is 0 Å². The maximum atomic E-state index is 13.1. The zero-order valence-electron chi connectivity index (χ0n) is 13.6. The average molecular weight is 303 g/mol. The molecule has 23 heavy (non-hydrogen) atoms. The number of fused-ring (bicyclic) bond motifs is 1. The highest BCUT2D eigenvalue weighted by Gasteiger charge is 2.20. The van der Waals surface area contributed by atoms with Crippen LogP contribution in [0.5, 0.6) is 0 Å². The van der Waals surface area contributed by atoms with Crippen LogP contribution >= 0.6 is 0 Å². The number of carbonyl (C=O) groups is 1. The summed E-state index contributed by atoms with van der Waals surface area (Å²) in [5, 5.41) is 2.11. The maximum absolute atomic E-state index is 13.1. The standard InChI is InChI=1S/C21H21NO/c1-16(2)22(15-17-9-4-3-5-10-17)21(23)20-14-8-12-18-11-6-7-13-19(18)20/h3-14,16H,15H2,1-2H3. The molecule has 0 bridgehead atoms. The lowest BCUT2D eigenvalue weighted by molar-refractivity contribution is 0.0692. The van der Waals surface area contributed by atoms with E-state index in [0.717, 1.165) is 21.9 Å². The highest BCUT2D eigenvalue weighted by Crippen LogP contribution is 2.22. The minimum atomic E-state index is 0.0839. The molecule has 2 nitrogen and oxygen atoms in total. The minimum absolute atomic E-state index is 0.0839. The van der Waals surface area contributed by atoms with Gasteiger partial charge in [-0.05, 0) is 36.2 Å². The molecule has 0 spiro atoms. The Hall–Kier alpha value is -2.61. The van der Waals surface area contributed by atoms with Gasteiger partial charge in [-0.3, -0.25) is 4.79 Å². The fraction of sp³-hybridized carbons (Fsp3) is 0.190. The van der Waals surface area contributed by atoms with Crippen LogP contribution in [0.4, 0.5) is 0 Å². The fourth-order valence-electron chi connectivity index (χ4n) is 2.84. The molecule has 0 atom stereocenters. The molecule has 116 valence electrons. The molecule has 1 amide bonds. The van der Waals surface area contributed by atoms with E-state index < -0.39 is 0 Å². The van der Waals surface area contributed by atoms with Gasteiger partial charge in [0.05, 0.1) is 0 Å². The third kappa shape index (κ3) is 3.26. The van der Waals surface area contributed by atoms with Gasteiger partial charge in [-0.2, -0.15) is 0 Å². The Kier molecular flexibility index (Phi) is 4.42. The SMILES string of the molecule is CC(C)N(Cc1ccccc1)C(=O)c1cccc2ccccc12. The van der Waals surface area contributed by atoms with Crippen molar-refractivity contribution in [1.82, 2.24) is 4.90 Å². The molecule has 0 aliphatic heterocycles. The molecular formula is C21H21NO. The lowest BCUT2D eigenvalue weighted by Crippen LogP contribution is -2.36. The average Bonchev–Trinajstić information content (AvgIpc) is 2.59. The molecule has 0 saturated carbocycles. The molecule has 0 saturated heterocycles. The number of amides is 1. The first kappa shape index (κ1) is 15.3. The van der Waals surface area contributed by atoms with Crippen LogP contribution < -0.4 is 0 Å². The maximum Gasteiger partial charge on any atom is 0.255 e. The third-order valence-electron chi connectivity index (χ3n) is 4.10. The Labute approximate surface area is 137 Å². The summed E-state index contributed by atoms with van der Waals surface area (Å²) in [5.74, 6) is 0.0839. The summed E-state index contributed by atoms with van der Waals surface area (Å²) >= 11 is 0. The van der Waals surface area contributed by atoms with Crippen molar-refractivity contribution in [3.63, 3.8) is 0 Å². The Bertz CT molecular complexity index is 803. The van der Waals surface area contributed by atoms with Crippen molar-refractivity contribution in [2.75, 3.05) is 0 Å². The van der Waals surface area contributed by atoms with Gasteiger partial charge in [-0.15, -0.1) is 0 Å². The predicted octanol–water partition coefficient (Wildman–Crippen LogP) is 4.89. The predicted molar refractivity (Wildman–Crippen MR) is 95.4 cm³/mol. The molecule has 0 N–H and O–H groups in total. The quantitative estimate of drug-likeness (QED) is 0.672. The van der Waals surface area contributed by atoms with Crippen molar-refractivity contribution in [3.8, 4) is 0 Å². The smallest absolute Gasteiger partial charge is 0.255 e. The van der Waals surface area contributed by atoms with Crippen molar-refractivity contribution >= 4 is 16.7 Å². The Balaban J connectivity index is 1.97. The summed E-state index contributed by atoms with van der Waals surface area (Å²) in [7, 11) is 0. The molecule has 0 heterocycles. The van der Waals surface area contributed by atoms with Gasteiger partial charge in [-0.1, -0.05) is 66.7 Å². The van der Waals surface area contributed by atoms with Gasteiger partial charge in [0.2, 0.25) is 0 Å². The molecule has 3 aromatic carbocycles. The van der Waals surface area contributed by atoms with E-state index >= 15 is 0 Å². The number of rotatable bonds is 4. The first-order valence-electron chi connectivity index (χ1n) is 7.99. The van der Waals surface area contributed by atoms with E-state index in [1.165, 1.54) is 0 Å². The van der Waals surface area contributed by atoms with Gasteiger partial charge in [-0.25, -0.2) is 0 Å². The minimum Gasteiger partial charge on any atom is -0.332 e. The molecule has 0 aliphatic rings. The molecule has 0 aromatic heterocycles. The molecule has 0 radical (unpaired) electrons. The fourth-order valence-corrected chi connectivity index (χ4v) is 2.84. The number of nitrogens with zero attached hydrogens (tertiary/aromatic N) is 1. The Morgan fingerprint density at radius 2 is 1.52 bits per heavy atom. The van der Waals surface area contributed by atoms with E-state index in [1.54, 1.807) is 0 Å². The second-order valence-electron chi connectivity index (χ2n) is 6.04. The first-order valence-corrected chi connectivity index (χ1v) is 7.99. The van der Waals surface area contributed by atoms with Crippen LogP contribution in [-0.4, -0.2) is 16.8 Å². The zero-order chi connectivity index (χ0) is 16.2. The van der Waals surface area contributed by atoms with Crippen LogP contribution in [0, 0.1) is 0 Å². The van der Waals surface area contributed by atoms with Gasteiger partial charge >= 0.3 is 0 Å². The Morgan fingerprint density at radius 1 is 0.870 bits per heavy atom. The third-order valence-corrected chi connectivity index (χ3v) is 4.10. The number of hydrogen-bond donors (Lipinski definition) is 0. The highest BCUT2D eigenvalue weighted by atomic mass is 16.2. The molecule has 0 unspecified atom stereocenters. The number of benzene rings is 3. The second-order valence-corrected chi connectivity index (χ2v) is 6.04. The van der Waals surface area contributed by atoms with Gasteiger partial charge in [0.1, 0.15) is 0 Å². The molecule has 0 aliphatic carbocycles. The Morgan fingerprint density at radius 3 is 2.26 bits per heavy atom. The van der Waals surface area contributed by atoms with E-state index in [2.05, 4.69) is 26.0 Å². The van der Waals surface area contributed by atoms with E-state index in [4.69, 9.17) is 0 Å². The lowest BCUT2D eigenvalue weighted by Gasteiger charge is -2.27. The molecule has 3 aromatic rings. The van der Waals surface area contributed by atoms with Gasteiger partial charge in [0.25, 0.3) is 5.91 Å². The molecule has 2 heteroatoms. The van der Waals surface area contributed by atoms with Crippen LogP contribution in [0.3, 0.4) is 0 Å². The second kappa shape index (κ2) is 6.66. The van der Waals surface area contributed by atoms with Crippen LogP contribution in [-0.2, 0) is 6.54 Å². The van der Waals surface area contributed by atoms with E-state index in [0.29, 0.717) is 6.54 Å². The van der Waals surface area contributed by atoms with Gasteiger partial charge < -0.3 is 4.90 Å². The summed E-state index contributed by atoms with van der Waals surface area (Å²) in [5.41, 5.74) is 1.92. The van der Waals surface area contributed by atoms with Crippen LogP contribution in [0.1, 0.15) is 29.8 Å². The summed E-state index contributed by atoms with van der Waals surface area (Å²) in [6.07, 6.45) is 0. The largest absolute Gasteiger partial charge is 0.332 e. The van der Waals surface area contributed by atoms with Crippen LogP contribution in [0.2, 0.25) is 0 Å². The summed E-state index contributed by atoms with van der Waals surface area (Å²) < 4.78 is 0. The van der Waals surface area contributed by atoms with E-state index in [-0.39, 0.29) is 11.9 Å². The summed E-state index contributed by atoms with van der Waals surface area (Å²) in [4.78, 5) is 15.1. The topological polar surface area (TPSA) is 20.3 Å². The van der Waals surface area contributed by atoms with Crippen LogP contribution in [0.15, 0.2) is 72.8 Å². The summed E-state index contributed by atoms with van der Waals surface area (Å²) in [6.45, 7) is 4.75.